The van der Waals surface area contributed by atoms with Crippen molar-refractivity contribution >= 4 is 0 Å². The van der Waals surface area contributed by atoms with Gasteiger partial charge in [0.15, 0.2) is 0 Å². The minimum Gasteiger partial charge on any atom is -0.395 e. The van der Waals surface area contributed by atoms with Crippen molar-refractivity contribution in [2.45, 2.75) is 58.0 Å². The summed E-state index contributed by atoms with van der Waals surface area (Å²) in [6.45, 7) is 6.89. The fourth-order valence-corrected chi connectivity index (χ4v) is 3.86. The van der Waals surface area contributed by atoms with E-state index in [1.165, 1.54) is 32.1 Å². The highest BCUT2D eigenvalue weighted by Crippen LogP contribution is 2.35. The van der Waals surface area contributed by atoms with Gasteiger partial charge < -0.3 is 10.8 Å². The van der Waals surface area contributed by atoms with Gasteiger partial charge in [-0.1, -0.05) is 20.3 Å². The fourth-order valence-electron chi connectivity index (χ4n) is 3.86. The van der Waals surface area contributed by atoms with Crippen molar-refractivity contribution in [2.75, 3.05) is 19.7 Å². The number of hydrogen-bond donors (Lipinski definition) is 2. The number of hydrogen-bond acceptors (Lipinski definition) is 3. The average molecular weight is 254 g/mol. The Balaban J connectivity index is 1.92. The van der Waals surface area contributed by atoms with Crippen LogP contribution in [0.3, 0.4) is 0 Å². The van der Waals surface area contributed by atoms with Gasteiger partial charge in [-0.2, -0.15) is 0 Å². The third-order valence-electron chi connectivity index (χ3n) is 5.15. The molecule has 3 N–H and O–H groups in total. The molecule has 2 saturated carbocycles. The Hall–Kier alpha value is -0.120. The minimum absolute atomic E-state index is 0.281. The molecule has 0 amide bonds. The first-order chi connectivity index (χ1) is 8.61. The van der Waals surface area contributed by atoms with Gasteiger partial charge in [-0.15, -0.1) is 0 Å². The lowest BCUT2D eigenvalue weighted by Gasteiger charge is -2.44. The van der Waals surface area contributed by atoms with Gasteiger partial charge in [0, 0.05) is 25.2 Å². The molecule has 3 heteroatoms. The third-order valence-corrected chi connectivity index (χ3v) is 5.15. The van der Waals surface area contributed by atoms with Crippen molar-refractivity contribution in [3.63, 3.8) is 0 Å². The molecule has 18 heavy (non-hydrogen) atoms. The normalized spacial score (nSPS) is 37.8. The van der Waals surface area contributed by atoms with Gasteiger partial charge in [0.2, 0.25) is 0 Å². The van der Waals surface area contributed by atoms with Gasteiger partial charge in [-0.05, 0) is 43.4 Å². The van der Waals surface area contributed by atoms with E-state index in [-0.39, 0.29) is 6.61 Å². The fraction of sp³-hybridized carbons (Fsp3) is 1.00. The molecular weight excluding hydrogens is 224 g/mol. The van der Waals surface area contributed by atoms with Crippen molar-refractivity contribution in [3.05, 3.63) is 0 Å². The Labute approximate surface area is 112 Å². The van der Waals surface area contributed by atoms with E-state index in [2.05, 4.69) is 18.7 Å². The van der Waals surface area contributed by atoms with Crippen LogP contribution in [-0.2, 0) is 0 Å². The molecule has 106 valence electrons. The van der Waals surface area contributed by atoms with Crippen molar-refractivity contribution in [1.29, 1.82) is 0 Å². The zero-order valence-corrected chi connectivity index (χ0v) is 12.0. The molecule has 0 aromatic heterocycles. The van der Waals surface area contributed by atoms with E-state index in [4.69, 9.17) is 5.73 Å². The predicted molar refractivity (Wildman–Crippen MR) is 75.3 cm³/mol. The summed E-state index contributed by atoms with van der Waals surface area (Å²) in [7, 11) is 0. The molecule has 0 aliphatic heterocycles. The highest BCUT2D eigenvalue weighted by molar-refractivity contribution is 4.90. The number of nitrogens with two attached hydrogens (primary N) is 1. The van der Waals surface area contributed by atoms with E-state index in [9.17, 15) is 5.11 Å². The number of aliphatic hydroxyl groups excluding tert-OH is 1. The van der Waals surface area contributed by atoms with Crippen LogP contribution < -0.4 is 5.73 Å². The lowest BCUT2D eigenvalue weighted by molar-refractivity contribution is 0.0507. The van der Waals surface area contributed by atoms with E-state index in [0.717, 1.165) is 31.0 Å². The smallest absolute Gasteiger partial charge is 0.0558 e. The maximum atomic E-state index is 9.24. The maximum Gasteiger partial charge on any atom is 0.0558 e. The summed E-state index contributed by atoms with van der Waals surface area (Å²) in [5.41, 5.74) is 6.37. The molecule has 0 bridgehead atoms. The maximum absolute atomic E-state index is 9.24. The van der Waals surface area contributed by atoms with Crippen LogP contribution in [0.5, 0.6) is 0 Å². The van der Waals surface area contributed by atoms with Crippen LogP contribution in [0.2, 0.25) is 0 Å². The monoisotopic (exact) mass is 254 g/mol. The predicted octanol–water partition coefficient (Wildman–Crippen LogP) is 1.84. The Morgan fingerprint density at radius 1 is 1.22 bits per heavy atom. The largest absolute Gasteiger partial charge is 0.395 e. The van der Waals surface area contributed by atoms with Crippen molar-refractivity contribution in [3.8, 4) is 0 Å². The molecule has 0 heterocycles. The molecular formula is C15H30N2O. The second kappa shape index (κ2) is 6.36. The molecule has 0 spiro atoms. The summed E-state index contributed by atoms with van der Waals surface area (Å²) in [5, 5.41) is 9.24. The van der Waals surface area contributed by atoms with Crippen molar-refractivity contribution < 1.29 is 5.11 Å². The molecule has 3 nitrogen and oxygen atoms in total. The van der Waals surface area contributed by atoms with Crippen LogP contribution in [0.25, 0.3) is 0 Å². The number of rotatable bonds is 5. The van der Waals surface area contributed by atoms with Crippen LogP contribution >= 0.6 is 0 Å². The summed E-state index contributed by atoms with van der Waals surface area (Å²) in [6, 6.07) is 1.07. The molecule has 0 aromatic rings. The molecule has 2 rings (SSSR count). The first-order valence-electron chi connectivity index (χ1n) is 7.72. The Kier molecular flexibility index (Phi) is 5.05. The van der Waals surface area contributed by atoms with Crippen LogP contribution in [0.15, 0.2) is 0 Å². The second-order valence-corrected chi connectivity index (χ2v) is 6.68. The average Bonchev–Trinajstić information content (AvgIpc) is 2.20. The molecule has 4 unspecified atom stereocenters. The van der Waals surface area contributed by atoms with Crippen LogP contribution in [0.4, 0.5) is 0 Å². The second-order valence-electron chi connectivity index (χ2n) is 6.68. The quantitative estimate of drug-likeness (QED) is 0.787. The lowest BCUT2D eigenvalue weighted by atomic mass is 9.72. The number of nitrogens with zero attached hydrogens (tertiary/aromatic N) is 1. The molecule has 0 radical (unpaired) electrons. The minimum atomic E-state index is 0.281. The SMILES string of the molecule is CC1CC(C)C(CN(CCO)C2CCC2)C(N)C1. The van der Waals surface area contributed by atoms with E-state index < -0.39 is 0 Å². The summed E-state index contributed by atoms with van der Waals surface area (Å²) < 4.78 is 0. The summed E-state index contributed by atoms with van der Waals surface area (Å²) in [4.78, 5) is 2.50. The topological polar surface area (TPSA) is 49.5 Å². The van der Waals surface area contributed by atoms with E-state index in [1.54, 1.807) is 0 Å². The zero-order valence-electron chi connectivity index (χ0n) is 12.0. The summed E-state index contributed by atoms with van der Waals surface area (Å²) in [5.74, 6) is 2.12. The summed E-state index contributed by atoms with van der Waals surface area (Å²) in [6.07, 6.45) is 6.47. The Morgan fingerprint density at radius 3 is 2.44 bits per heavy atom. The third kappa shape index (κ3) is 3.25. The summed E-state index contributed by atoms with van der Waals surface area (Å²) >= 11 is 0. The van der Waals surface area contributed by atoms with Gasteiger partial charge in [-0.3, -0.25) is 4.90 Å². The lowest BCUT2D eigenvalue weighted by Crippen LogP contribution is -2.51. The highest BCUT2D eigenvalue weighted by atomic mass is 16.3. The molecule has 2 aliphatic carbocycles. The van der Waals surface area contributed by atoms with Gasteiger partial charge in [0.05, 0.1) is 6.61 Å². The molecule has 0 saturated heterocycles. The van der Waals surface area contributed by atoms with Crippen LogP contribution in [0, 0.1) is 17.8 Å². The van der Waals surface area contributed by atoms with Gasteiger partial charge >= 0.3 is 0 Å². The van der Waals surface area contributed by atoms with Gasteiger partial charge in [0.1, 0.15) is 0 Å². The van der Waals surface area contributed by atoms with Gasteiger partial charge in [-0.25, -0.2) is 0 Å². The van der Waals surface area contributed by atoms with E-state index >= 15 is 0 Å². The van der Waals surface area contributed by atoms with Crippen molar-refractivity contribution in [1.82, 2.24) is 4.90 Å². The molecule has 4 atom stereocenters. The van der Waals surface area contributed by atoms with Crippen LogP contribution in [0.1, 0.15) is 46.0 Å². The van der Waals surface area contributed by atoms with Crippen molar-refractivity contribution in [2.24, 2.45) is 23.5 Å². The Bertz CT molecular complexity index is 243. The molecule has 2 fully saturated rings. The first kappa shape index (κ1) is 14.3. The van der Waals surface area contributed by atoms with E-state index in [1.807, 2.05) is 0 Å². The first-order valence-corrected chi connectivity index (χ1v) is 7.72. The highest BCUT2D eigenvalue weighted by Gasteiger charge is 2.35. The standard InChI is InChI=1S/C15H30N2O/c1-11-8-12(2)14(15(16)9-11)10-17(6-7-18)13-4-3-5-13/h11-15,18H,3-10,16H2,1-2H3. The van der Waals surface area contributed by atoms with Crippen LogP contribution in [-0.4, -0.2) is 41.8 Å². The molecule has 0 aromatic carbocycles. The number of aliphatic hydroxyl groups is 1. The zero-order chi connectivity index (χ0) is 13.1. The molecule has 2 aliphatic rings. The van der Waals surface area contributed by atoms with Gasteiger partial charge in [0.25, 0.3) is 0 Å². The Morgan fingerprint density at radius 2 is 1.94 bits per heavy atom. The van der Waals surface area contributed by atoms with E-state index in [0.29, 0.717) is 12.0 Å².